The summed E-state index contributed by atoms with van der Waals surface area (Å²) in [7, 11) is 6.32. The van der Waals surface area contributed by atoms with Gasteiger partial charge in [0.1, 0.15) is 11.5 Å². The first kappa shape index (κ1) is 36.8. The molecule has 0 heterocycles. The predicted octanol–water partition coefficient (Wildman–Crippen LogP) is 8.79. The van der Waals surface area contributed by atoms with Gasteiger partial charge in [0.05, 0.1) is 45.0 Å². The smallest absolute Gasteiger partial charge is 0.335 e. The Labute approximate surface area is 300 Å². The molecular weight excluding hydrogens is 644 g/mol. The largest absolute Gasteiger partial charge is 0.496 e. The summed E-state index contributed by atoms with van der Waals surface area (Å²) in [6.07, 6.45) is 5.05. The zero-order chi connectivity index (χ0) is 37.0. The van der Waals surface area contributed by atoms with Crippen LogP contribution in [-0.4, -0.2) is 40.4 Å². The van der Waals surface area contributed by atoms with Crippen LogP contribution in [0.2, 0.25) is 0 Å². The van der Waals surface area contributed by atoms with Crippen molar-refractivity contribution in [2.45, 2.75) is 58.8 Å². The quantitative estimate of drug-likeness (QED) is 0.0649. The molecular formula is C43H46O8. The maximum absolute atomic E-state index is 13.4. The van der Waals surface area contributed by atoms with Crippen molar-refractivity contribution in [2.75, 3.05) is 28.4 Å². The zero-order valence-electron chi connectivity index (χ0n) is 30.8. The van der Waals surface area contributed by atoms with Crippen molar-refractivity contribution < 1.29 is 38.0 Å². The van der Waals surface area contributed by atoms with E-state index in [-0.39, 0.29) is 11.5 Å². The maximum atomic E-state index is 13.4. The number of hydrogen-bond donors (Lipinski definition) is 0. The lowest BCUT2D eigenvalue weighted by atomic mass is 9.64. The number of carbonyl (C=O) groups excluding carboxylic acids is 2. The number of benzene rings is 4. The van der Waals surface area contributed by atoms with E-state index in [2.05, 4.69) is 39.1 Å². The second kappa shape index (κ2) is 15.2. The third-order valence-corrected chi connectivity index (χ3v) is 9.71. The van der Waals surface area contributed by atoms with Gasteiger partial charge in [-0.05, 0) is 48.9 Å². The Bertz CT molecular complexity index is 1880. The number of fused-ring (bicyclic) bond motifs is 3. The Kier molecular flexibility index (Phi) is 10.9. The number of rotatable bonds is 14. The van der Waals surface area contributed by atoms with Crippen molar-refractivity contribution in [1.82, 2.24) is 0 Å². The van der Waals surface area contributed by atoms with Crippen LogP contribution in [0.25, 0.3) is 11.1 Å². The highest BCUT2D eigenvalue weighted by Crippen LogP contribution is 2.66. The number of methoxy groups -OCH3 is 4. The monoisotopic (exact) mass is 690 g/mol. The van der Waals surface area contributed by atoms with Crippen LogP contribution in [-0.2, 0) is 27.8 Å². The number of hydrogen-bond acceptors (Lipinski definition) is 8. The van der Waals surface area contributed by atoms with Gasteiger partial charge in [-0.25, -0.2) is 9.59 Å². The standard InChI is InChI=1S/C43H46O8/c1-11-19-27-25(5)37(46-7)41(50-33(44)13-3)35(39(27)48-9)43(31-23-17-15-21-29(31)30-22-16-18-24-32(30)43)36-40(49-10)28(20-12-2)26(6)38(47-8)42(36)51-34(45)14-4/h13-18,21-24H,3-4,11-12,19-20H2,1-2,5-10H3. The molecule has 0 fully saturated rings. The van der Waals surface area contributed by atoms with Gasteiger partial charge in [-0.1, -0.05) is 88.4 Å². The topological polar surface area (TPSA) is 89.5 Å². The van der Waals surface area contributed by atoms with Gasteiger partial charge in [-0.15, -0.1) is 0 Å². The normalized spacial score (nSPS) is 12.3. The molecule has 51 heavy (non-hydrogen) atoms. The summed E-state index contributed by atoms with van der Waals surface area (Å²) in [5.41, 5.74) is 6.31. The molecule has 1 aliphatic carbocycles. The zero-order valence-corrected chi connectivity index (χ0v) is 30.8. The van der Waals surface area contributed by atoms with E-state index >= 15 is 0 Å². The molecule has 0 saturated carbocycles. The Hall–Kier alpha value is -5.50. The van der Waals surface area contributed by atoms with Gasteiger partial charge in [0.15, 0.2) is 23.0 Å². The van der Waals surface area contributed by atoms with Gasteiger partial charge in [-0.2, -0.15) is 0 Å². The number of carbonyl (C=O) groups is 2. The van der Waals surface area contributed by atoms with Crippen LogP contribution in [0.5, 0.6) is 34.5 Å². The van der Waals surface area contributed by atoms with Gasteiger partial charge in [0.25, 0.3) is 0 Å². The van der Waals surface area contributed by atoms with Crippen molar-refractivity contribution in [3.05, 3.63) is 118 Å². The molecule has 0 amide bonds. The van der Waals surface area contributed by atoms with Gasteiger partial charge >= 0.3 is 11.9 Å². The Morgan fingerprint density at radius 3 is 1.25 bits per heavy atom. The van der Waals surface area contributed by atoms with Gasteiger partial charge in [0, 0.05) is 34.4 Å². The second-order valence-corrected chi connectivity index (χ2v) is 12.3. The first-order valence-electron chi connectivity index (χ1n) is 17.1. The first-order chi connectivity index (χ1) is 24.7. The average molecular weight is 691 g/mol. The minimum absolute atomic E-state index is 0.141. The summed E-state index contributed by atoms with van der Waals surface area (Å²) < 4.78 is 37.8. The molecule has 5 rings (SSSR count). The molecule has 8 heteroatoms. The van der Waals surface area contributed by atoms with Crippen LogP contribution < -0.4 is 28.4 Å². The van der Waals surface area contributed by atoms with Gasteiger partial charge < -0.3 is 28.4 Å². The van der Waals surface area contributed by atoms with Crippen molar-refractivity contribution in [3.63, 3.8) is 0 Å². The minimum Gasteiger partial charge on any atom is -0.496 e. The summed E-state index contributed by atoms with van der Waals surface area (Å²) in [6.45, 7) is 15.4. The molecule has 1 aliphatic rings. The molecule has 0 saturated heterocycles. The third kappa shape index (κ3) is 5.72. The fraction of sp³-hybridized carbons (Fsp3) is 0.302. The lowest BCUT2D eigenvalue weighted by Crippen LogP contribution is -2.33. The lowest BCUT2D eigenvalue weighted by molar-refractivity contribution is -0.129. The summed E-state index contributed by atoms with van der Waals surface area (Å²) in [5.74, 6) is 0.621. The van der Waals surface area contributed by atoms with E-state index in [1.807, 2.05) is 50.2 Å². The van der Waals surface area contributed by atoms with Crippen LogP contribution >= 0.6 is 0 Å². The van der Waals surface area contributed by atoms with Crippen LogP contribution in [0.1, 0.15) is 71.2 Å². The Morgan fingerprint density at radius 2 is 0.941 bits per heavy atom. The van der Waals surface area contributed by atoms with Crippen LogP contribution in [0.15, 0.2) is 73.8 Å². The fourth-order valence-corrected chi connectivity index (χ4v) is 7.79. The number of ether oxygens (including phenoxy) is 6. The molecule has 0 radical (unpaired) electrons. The van der Waals surface area contributed by atoms with Crippen molar-refractivity contribution >= 4 is 11.9 Å². The van der Waals surface area contributed by atoms with E-state index in [1.54, 1.807) is 28.4 Å². The molecule has 0 atom stereocenters. The van der Waals surface area contributed by atoms with Crippen LogP contribution in [0.4, 0.5) is 0 Å². The molecule has 0 aliphatic heterocycles. The second-order valence-electron chi connectivity index (χ2n) is 12.3. The Morgan fingerprint density at radius 1 is 0.588 bits per heavy atom. The highest BCUT2D eigenvalue weighted by Gasteiger charge is 2.55. The molecule has 0 unspecified atom stereocenters. The maximum Gasteiger partial charge on any atom is 0.335 e. The minimum atomic E-state index is -1.41. The highest BCUT2D eigenvalue weighted by atomic mass is 16.6. The first-order valence-corrected chi connectivity index (χ1v) is 17.1. The summed E-state index contributed by atoms with van der Waals surface area (Å²) in [4.78, 5) is 26.7. The molecule has 0 N–H and O–H groups in total. The molecule has 0 aromatic heterocycles. The number of esters is 2. The Balaban J connectivity index is 2.26. The van der Waals surface area contributed by atoms with Gasteiger partial charge in [-0.3, -0.25) is 0 Å². The van der Waals surface area contributed by atoms with E-state index in [1.165, 1.54) is 0 Å². The average Bonchev–Trinajstić information content (AvgIpc) is 3.44. The van der Waals surface area contributed by atoms with Crippen molar-refractivity contribution in [1.29, 1.82) is 0 Å². The third-order valence-electron chi connectivity index (χ3n) is 9.71. The molecule has 4 aromatic rings. The molecule has 266 valence electrons. The molecule has 0 bridgehead atoms. The lowest BCUT2D eigenvalue weighted by Gasteiger charge is -2.39. The van der Waals surface area contributed by atoms with Crippen molar-refractivity contribution in [2.24, 2.45) is 0 Å². The van der Waals surface area contributed by atoms with Crippen LogP contribution in [0.3, 0.4) is 0 Å². The SMILES string of the molecule is C=CC(=O)Oc1c(OC)c(C)c(CCC)c(OC)c1C1(c2c(OC)c(CCC)c(C)c(OC)c2OC(=O)C=C)c2ccccc2-c2ccccc21. The van der Waals surface area contributed by atoms with E-state index in [0.29, 0.717) is 47.0 Å². The molecule has 4 aromatic carbocycles. The summed E-state index contributed by atoms with van der Waals surface area (Å²) in [6, 6.07) is 16.0. The summed E-state index contributed by atoms with van der Waals surface area (Å²) >= 11 is 0. The van der Waals surface area contributed by atoms with E-state index < -0.39 is 17.4 Å². The summed E-state index contributed by atoms with van der Waals surface area (Å²) in [5, 5.41) is 0. The van der Waals surface area contributed by atoms with Gasteiger partial charge in [0.2, 0.25) is 0 Å². The molecule has 8 nitrogen and oxygen atoms in total. The molecule has 0 spiro atoms. The van der Waals surface area contributed by atoms with E-state index in [0.717, 1.165) is 69.5 Å². The fourth-order valence-electron chi connectivity index (χ4n) is 7.79. The van der Waals surface area contributed by atoms with Crippen molar-refractivity contribution in [3.8, 4) is 45.6 Å². The highest BCUT2D eigenvalue weighted by molar-refractivity contribution is 5.94. The van der Waals surface area contributed by atoms with E-state index in [9.17, 15) is 9.59 Å². The predicted molar refractivity (Wildman–Crippen MR) is 199 cm³/mol. The van der Waals surface area contributed by atoms with Crippen LogP contribution in [0, 0.1) is 13.8 Å². The van der Waals surface area contributed by atoms with E-state index in [4.69, 9.17) is 28.4 Å².